The molecular formula is C9H12N2O. The molecule has 0 spiro atoms. The number of amides is 1. The van der Waals surface area contributed by atoms with Gasteiger partial charge in [-0.05, 0) is 25.5 Å². The van der Waals surface area contributed by atoms with Crippen LogP contribution in [0.1, 0.15) is 21.6 Å². The maximum atomic E-state index is 11.1. The Kier molecular flexibility index (Phi) is 2.43. The van der Waals surface area contributed by atoms with Crippen LogP contribution in [0, 0.1) is 13.8 Å². The molecule has 1 heterocycles. The van der Waals surface area contributed by atoms with Crippen LogP contribution in [0.5, 0.6) is 0 Å². The second-order valence-electron chi connectivity index (χ2n) is 2.71. The summed E-state index contributed by atoms with van der Waals surface area (Å²) in [5, 5.41) is 2.55. The lowest BCUT2D eigenvalue weighted by molar-refractivity contribution is 0.0962. The van der Waals surface area contributed by atoms with Crippen molar-refractivity contribution in [3.63, 3.8) is 0 Å². The predicted molar refractivity (Wildman–Crippen MR) is 47.1 cm³/mol. The molecule has 0 aliphatic carbocycles. The van der Waals surface area contributed by atoms with Crippen LogP contribution < -0.4 is 5.32 Å². The average Bonchev–Trinajstić information content (AvgIpc) is 2.08. The first-order valence-corrected chi connectivity index (χ1v) is 3.80. The van der Waals surface area contributed by atoms with Crippen molar-refractivity contribution in [1.29, 1.82) is 0 Å². The molecule has 0 aromatic carbocycles. The number of aromatic nitrogens is 1. The number of hydrogen-bond acceptors (Lipinski definition) is 2. The number of hydrogen-bond donors (Lipinski definition) is 1. The van der Waals surface area contributed by atoms with Gasteiger partial charge in [-0.3, -0.25) is 9.78 Å². The smallest absolute Gasteiger partial charge is 0.252 e. The number of carbonyl (C=O) groups is 1. The maximum absolute atomic E-state index is 11.1. The third-order valence-corrected chi connectivity index (χ3v) is 1.83. The summed E-state index contributed by atoms with van der Waals surface area (Å²) in [6, 6.07) is 1.83. The Labute approximate surface area is 71.8 Å². The first kappa shape index (κ1) is 8.71. The van der Waals surface area contributed by atoms with Crippen LogP contribution in [-0.2, 0) is 0 Å². The average molecular weight is 164 g/mol. The van der Waals surface area contributed by atoms with Crippen molar-refractivity contribution in [2.45, 2.75) is 13.8 Å². The fourth-order valence-electron chi connectivity index (χ4n) is 0.912. The fourth-order valence-corrected chi connectivity index (χ4v) is 0.912. The lowest BCUT2D eigenvalue weighted by Crippen LogP contribution is -2.18. The van der Waals surface area contributed by atoms with Crippen LogP contribution in [0.15, 0.2) is 12.3 Å². The summed E-state index contributed by atoms with van der Waals surface area (Å²) in [6.45, 7) is 3.86. The van der Waals surface area contributed by atoms with Gasteiger partial charge in [-0.25, -0.2) is 0 Å². The molecule has 0 atom stereocenters. The number of nitrogens with zero attached hydrogens (tertiary/aromatic N) is 1. The third kappa shape index (κ3) is 1.61. The molecule has 0 aliphatic heterocycles. The van der Waals surface area contributed by atoms with E-state index in [0.717, 1.165) is 11.3 Å². The first-order chi connectivity index (χ1) is 5.65. The Morgan fingerprint density at radius 1 is 1.50 bits per heavy atom. The van der Waals surface area contributed by atoms with Crippen LogP contribution in [0.25, 0.3) is 0 Å². The molecular weight excluding hydrogens is 152 g/mol. The van der Waals surface area contributed by atoms with Gasteiger partial charge < -0.3 is 5.32 Å². The largest absolute Gasteiger partial charge is 0.355 e. The summed E-state index contributed by atoms with van der Waals surface area (Å²) in [4.78, 5) is 15.2. The van der Waals surface area contributed by atoms with Crippen molar-refractivity contribution in [3.05, 3.63) is 29.1 Å². The minimum atomic E-state index is -0.0920. The van der Waals surface area contributed by atoms with Gasteiger partial charge in [-0.15, -0.1) is 0 Å². The van der Waals surface area contributed by atoms with Crippen molar-refractivity contribution in [1.82, 2.24) is 10.3 Å². The van der Waals surface area contributed by atoms with Gasteiger partial charge in [0.25, 0.3) is 5.91 Å². The summed E-state index contributed by atoms with van der Waals surface area (Å²) < 4.78 is 0. The van der Waals surface area contributed by atoms with E-state index in [1.54, 1.807) is 13.2 Å². The fraction of sp³-hybridized carbons (Fsp3) is 0.333. The SMILES string of the molecule is CNC(=O)c1cnc(C)c(C)c1. The van der Waals surface area contributed by atoms with Crippen molar-refractivity contribution in [2.75, 3.05) is 7.05 Å². The minimum Gasteiger partial charge on any atom is -0.355 e. The molecule has 0 unspecified atom stereocenters. The quantitative estimate of drug-likeness (QED) is 0.674. The van der Waals surface area contributed by atoms with E-state index in [0.29, 0.717) is 5.56 Å². The zero-order valence-corrected chi connectivity index (χ0v) is 7.51. The topological polar surface area (TPSA) is 42.0 Å². The first-order valence-electron chi connectivity index (χ1n) is 3.80. The van der Waals surface area contributed by atoms with Crippen LogP contribution in [0.2, 0.25) is 0 Å². The van der Waals surface area contributed by atoms with E-state index in [1.165, 1.54) is 0 Å². The van der Waals surface area contributed by atoms with E-state index in [-0.39, 0.29) is 5.91 Å². The molecule has 0 radical (unpaired) electrons. The van der Waals surface area contributed by atoms with E-state index < -0.39 is 0 Å². The lowest BCUT2D eigenvalue weighted by atomic mass is 10.1. The zero-order valence-electron chi connectivity index (χ0n) is 7.51. The van der Waals surface area contributed by atoms with Crippen molar-refractivity contribution in [2.24, 2.45) is 0 Å². The molecule has 0 bridgehead atoms. The molecule has 1 rings (SSSR count). The van der Waals surface area contributed by atoms with Gasteiger partial charge in [-0.1, -0.05) is 0 Å². The normalized spacial score (nSPS) is 9.58. The van der Waals surface area contributed by atoms with Crippen LogP contribution in [0.4, 0.5) is 0 Å². The Balaban J connectivity index is 3.05. The monoisotopic (exact) mass is 164 g/mol. The number of carbonyl (C=O) groups excluding carboxylic acids is 1. The maximum Gasteiger partial charge on any atom is 0.252 e. The van der Waals surface area contributed by atoms with Crippen LogP contribution in [0.3, 0.4) is 0 Å². The minimum absolute atomic E-state index is 0.0920. The highest BCUT2D eigenvalue weighted by atomic mass is 16.1. The lowest BCUT2D eigenvalue weighted by Gasteiger charge is -2.02. The van der Waals surface area contributed by atoms with Crippen molar-refractivity contribution >= 4 is 5.91 Å². The number of rotatable bonds is 1. The molecule has 1 N–H and O–H groups in total. The van der Waals surface area contributed by atoms with Gasteiger partial charge >= 0.3 is 0 Å². The number of pyridine rings is 1. The Bertz CT molecular complexity index is 307. The molecule has 0 aliphatic rings. The molecule has 3 nitrogen and oxygen atoms in total. The highest BCUT2D eigenvalue weighted by Crippen LogP contribution is 2.05. The molecule has 0 fully saturated rings. The summed E-state index contributed by atoms with van der Waals surface area (Å²) in [6.07, 6.45) is 1.58. The molecule has 0 saturated heterocycles. The van der Waals surface area contributed by atoms with Gasteiger partial charge in [0, 0.05) is 18.9 Å². The van der Waals surface area contributed by atoms with Gasteiger partial charge in [0.2, 0.25) is 0 Å². The highest BCUT2D eigenvalue weighted by molar-refractivity contribution is 5.93. The molecule has 1 aromatic heterocycles. The standard InChI is InChI=1S/C9H12N2O/c1-6-4-8(9(12)10-3)5-11-7(6)2/h4-5H,1-3H3,(H,10,12). The number of aryl methyl sites for hydroxylation is 2. The summed E-state index contributed by atoms with van der Waals surface area (Å²) in [5.74, 6) is -0.0920. The van der Waals surface area contributed by atoms with E-state index in [4.69, 9.17) is 0 Å². The van der Waals surface area contributed by atoms with E-state index >= 15 is 0 Å². The van der Waals surface area contributed by atoms with E-state index in [2.05, 4.69) is 10.3 Å². The van der Waals surface area contributed by atoms with Gasteiger partial charge in [0.15, 0.2) is 0 Å². The second kappa shape index (κ2) is 3.34. The molecule has 0 saturated carbocycles. The van der Waals surface area contributed by atoms with Crippen molar-refractivity contribution in [3.8, 4) is 0 Å². The van der Waals surface area contributed by atoms with Gasteiger partial charge in [0.05, 0.1) is 5.56 Å². The molecule has 12 heavy (non-hydrogen) atoms. The summed E-state index contributed by atoms with van der Waals surface area (Å²) in [7, 11) is 1.61. The third-order valence-electron chi connectivity index (χ3n) is 1.83. The van der Waals surface area contributed by atoms with Crippen LogP contribution >= 0.6 is 0 Å². The Morgan fingerprint density at radius 3 is 2.67 bits per heavy atom. The molecule has 64 valence electrons. The Morgan fingerprint density at radius 2 is 2.17 bits per heavy atom. The molecule has 1 amide bonds. The second-order valence-corrected chi connectivity index (χ2v) is 2.71. The van der Waals surface area contributed by atoms with Gasteiger partial charge in [0.1, 0.15) is 0 Å². The Hall–Kier alpha value is -1.38. The van der Waals surface area contributed by atoms with E-state index in [1.807, 2.05) is 19.9 Å². The van der Waals surface area contributed by atoms with E-state index in [9.17, 15) is 4.79 Å². The van der Waals surface area contributed by atoms with Crippen molar-refractivity contribution < 1.29 is 4.79 Å². The van der Waals surface area contributed by atoms with Gasteiger partial charge in [-0.2, -0.15) is 0 Å². The molecule has 1 aromatic rings. The number of nitrogens with one attached hydrogen (secondary N) is 1. The molecule has 3 heteroatoms. The summed E-state index contributed by atoms with van der Waals surface area (Å²) >= 11 is 0. The highest BCUT2D eigenvalue weighted by Gasteiger charge is 2.03. The zero-order chi connectivity index (χ0) is 9.14. The predicted octanol–water partition coefficient (Wildman–Crippen LogP) is 1.06. The summed E-state index contributed by atoms with van der Waals surface area (Å²) in [5.41, 5.74) is 2.61. The van der Waals surface area contributed by atoms with Crippen LogP contribution in [-0.4, -0.2) is 17.9 Å².